The van der Waals surface area contributed by atoms with Gasteiger partial charge in [0, 0.05) is 29.7 Å². The van der Waals surface area contributed by atoms with Crippen LogP contribution in [0.25, 0.3) is 0 Å². The predicted octanol–water partition coefficient (Wildman–Crippen LogP) is 4.60. The first kappa shape index (κ1) is 14.5. The standard InChI is InChI=1S/C16H17Cl2N3/c17-13-4-3-12(15(18)9-13)10-19-14-5-6-16(20-11-14)21-7-1-2-8-21/h3-6,9,11,19H,1-2,7-8,10H2. The van der Waals surface area contributed by atoms with Crippen molar-refractivity contribution in [2.75, 3.05) is 23.3 Å². The summed E-state index contributed by atoms with van der Waals surface area (Å²) in [5, 5.41) is 4.66. The molecule has 1 aliphatic rings. The Balaban J connectivity index is 1.62. The molecule has 3 rings (SSSR count). The number of nitrogens with zero attached hydrogens (tertiary/aromatic N) is 2. The van der Waals surface area contributed by atoms with E-state index in [1.807, 2.05) is 18.3 Å². The Hall–Kier alpha value is -1.45. The lowest BCUT2D eigenvalue weighted by Crippen LogP contribution is -2.18. The van der Waals surface area contributed by atoms with Gasteiger partial charge in [-0.3, -0.25) is 0 Å². The van der Waals surface area contributed by atoms with Gasteiger partial charge in [-0.15, -0.1) is 0 Å². The first-order valence-corrected chi connectivity index (χ1v) is 7.87. The monoisotopic (exact) mass is 321 g/mol. The molecule has 21 heavy (non-hydrogen) atoms. The lowest BCUT2D eigenvalue weighted by molar-refractivity contribution is 0.937. The van der Waals surface area contributed by atoms with Crippen molar-refractivity contribution in [3.8, 4) is 0 Å². The molecule has 0 spiro atoms. The number of hydrogen-bond acceptors (Lipinski definition) is 3. The lowest BCUT2D eigenvalue weighted by Gasteiger charge is -2.16. The maximum atomic E-state index is 6.16. The van der Waals surface area contributed by atoms with E-state index in [1.54, 1.807) is 6.07 Å². The summed E-state index contributed by atoms with van der Waals surface area (Å²) in [7, 11) is 0. The third-order valence-electron chi connectivity index (χ3n) is 3.68. The van der Waals surface area contributed by atoms with Crippen molar-refractivity contribution in [2.24, 2.45) is 0 Å². The third kappa shape index (κ3) is 3.60. The van der Waals surface area contributed by atoms with Gasteiger partial charge in [-0.25, -0.2) is 4.98 Å². The Bertz CT molecular complexity index is 607. The molecular formula is C16H17Cl2N3. The topological polar surface area (TPSA) is 28.2 Å². The van der Waals surface area contributed by atoms with Crippen molar-refractivity contribution in [3.63, 3.8) is 0 Å². The molecule has 0 aliphatic carbocycles. The van der Waals surface area contributed by atoms with Gasteiger partial charge in [-0.1, -0.05) is 29.3 Å². The van der Waals surface area contributed by atoms with E-state index in [-0.39, 0.29) is 0 Å². The average molecular weight is 322 g/mol. The number of benzene rings is 1. The molecule has 1 N–H and O–H groups in total. The highest BCUT2D eigenvalue weighted by atomic mass is 35.5. The van der Waals surface area contributed by atoms with E-state index in [4.69, 9.17) is 23.2 Å². The fourth-order valence-corrected chi connectivity index (χ4v) is 2.96. The molecule has 0 amide bonds. The number of pyridine rings is 1. The highest BCUT2D eigenvalue weighted by molar-refractivity contribution is 6.35. The van der Waals surface area contributed by atoms with Crippen LogP contribution in [0.4, 0.5) is 11.5 Å². The van der Waals surface area contributed by atoms with Crippen molar-refractivity contribution >= 4 is 34.7 Å². The predicted molar refractivity (Wildman–Crippen MR) is 89.5 cm³/mol. The van der Waals surface area contributed by atoms with Gasteiger partial charge < -0.3 is 10.2 Å². The van der Waals surface area contributed by atoms with E-state index in [1.165, 1.54) is 12.8 Å². The maximum Gasteiger partial charge on any atom is 0.128 e. The molecule has 5 heteroatoms. The van der Waals surface area contributed by atoms with Gasteiger partial charge in [0.1, 0.15) is 5.82 Å². The van der Waals surface area contributed by atoms with Crippen molar-refractivity contribution in [2.45, 2.75) is 19.4 Å². The van der Waals surface area contributed by atoms with Crippen LogP contribution in [0.15, 0.2) is 36.5 Å². The number of anilines is 2. The van der Waals surface area contributed by atoms with E-state index in [0.717, 1.165) is 30.2 Å². The smallest absolute Gasteiger partial charge is 0.128 e. The number of rotatable bonds is 4. The molecule has 2 heterocycles. The highest BCUT2D eigenvalue weighted by Crippen LogP contribution is 2.23. The molecule has 0 unspecified atom stereocenters. The largest absolute Gasteiger partial charge is 0.380 e. The summed E-state index contributed by atoms with van der Waals surface area (Å²) in [4.78, 5) is 6.84. The van der Waals surface area contributed by atoms with Gasteiger partial charge in [-0.2, -0.15) is 0 Å². The van der Waals surface area contributed by atoms with Crippen LogP contribution in [0, 0.1) is 0 Å². The summed E-state index contributed by atoms with van der Waals surface area (Å²) in [6.07, 6.45) is 4.39. The Morgan fingerprint density at radius 1 is 1.10 bits per heavy atom. The van der Waals surface area contributed by atoms with Crippen LogP contribution in [-0.2, 0) is 6.54 Å². The van der Waals surface area contributed by atoms with Crippen LogP contribution in [0.2, 0.25) is 10.0 Å². The van der Waals surface area contributed by atoms with Crippen molar-refractivity contribution in [1.82, 2.24) is 4.98 Å². The zero-order valence-corrected chi connectivity index (χ0v) is 13.2. The molecule has 2 aromatic rings. The van der Waals surface area contributed by atoms with E-state index in [2.05, 4.69) is 27.3 Å². The molecule has 1 aliphatic heterocycles. The number of nitrogens with one attached hydrogen (secondary N) is 1. The summed E-state index contributed by atoms with van der Waals surface area (Å²) in [5.41, 5.74) is 2.01. The van der Waals surface area contributed by atoms with E-state index in [0.29, 0.717) is 16.6 Å². The number of halogens is 2. The molecule has 0 radical (unpaired) electrons. The lowest BCUT2D eigenvalue weighted by atomic mass is 10.2. The minimum absolute atomic E-state index is 0.653. The summed E-state index contributed by atoms with van der Waals surface area (Å²) in [5.74, 6) is 1.06. The second-order valence-corrected chi connectivity index (χ2v) is 6.03. The molecule has 1 fully saturated rings. The zero-order chi connectivity index (χ0) is 14.7. The molecule has 1 aromatic heterocycles. The molecule has 3 nitrogen and oxygen atoms in total. The SMILES string of the molecule is Clc1ccc(CNc2ccc(N3CCCC3)nc2)c(Cl)c1. The van der Waals surface area contributed by atoms with Crippen LogP contribution in [0.1, 0.15) is 18.4 Å². The normalized spacial score (nSPS) is 14.5. The Morgan fingerprint density at radius 2 is 1.90 bits per heavy atom. The molecule has 0 atom stereocenters. The number of hydrogen-bond donors (Lipinski definition) is 1. The van der Waals surface area contributed by atoms with Crippen LogP contribution in [-0.4, -0.2) is 18.1 Å². The first-order chi connectivity index (χ1) is 10.2. The summed E-state index contributed by atoms with van der Waals surface area (Å²) < 4.78 is 0. The third-order valence-corrected chi connectivity index (χ3v) is 4.26. The molecule has 110 valence electrons. The zero-order valence-electron chi connectivity index (χ0n) is 11.6. The maximum absolute atomic E-state index is 6.16. The molecule has 0 saturated carbocycles. The van der Waals surface area contributed by atoms with Crippen LogP contribution in [0.3, 0.4) is 0 Å². The van der Waals surface area contributed by atoms with Gasteiger partial charge in [-0.05, 0) is 42.7 Å². The van der Waals surface area contributed by atoms with Crippen molar-refractivity contribution < 1.29 is 0 Å². The van der Waals surface area contributed by atoms with Crippen molar-refractivity contribution in [1.29, 1.82) is 0 Å². The van der Waals surface area contributed by atoms with Crippen LogP contribution < -0.4 is 10.2 Å². The molecular weight excluding hydrogens is 305 g/mol. The van der Waals surface area contributed by atoms with Gasteiger partial charge in [0.05, 0.1) is 11.9 Å². The van der Waals surface area contributed by atoms with Gasteiger partial charge in [0.15, 0.2) is 0 Å². The van der Waals surface area contributed by atoms with E-state index >= 15 is 0 Å². The number of aromatic nitrogens is 1. The van der Waals surface area contributed by atoms with Crippen LogP contribution in [0.5, 0.6) is 0 Å². The molecule has 1 saturated heterocycles. The second kappa shape index (κ2) is 6.54. The second-order valence-electron chi connectivity index (χ2n) is 5.19. The molecule has 1 aromatic carbocycles. The van der Waals surface area contributed by atoms with Gasteiger partial charge in [0.25, 0.3) is 0 Å². The van der Waals surface area contributed by atoms with Gasteiger partial charge >= 0.3 is 0 Å². The fraction of sp³-hybridized carbons (Fsp3) is 0.312. The van der Waals surface area contributed by atoms with E-state index < -0.39 is 0 Å². The summed E-state index contributed by atoms with van der Waals surface area (Å²) >= 11 is 12.1. The van der Waals surface area contributed by atoms with Crippen LogP contribution >= 0.6 is 23.2 Å². The Kier molecular flexibility index (Phi) is 4.51. The van der Waals surface area contributed by atoms with Gasteiger partial charge in [0.2, 0.25) is 0 Å². The van der Waals surface area contributed by atoms with E-state index in [9.17, 15) is 0 Å². The minimum Gasteiger partial charge on any atom is -0.380 e. The minimum atomic E-state index is 0.653. The molecule has 0 bridgehead atoms. The average Bonchev–Trinajstić information content (AvgIpc) is 3.01. The Labute approximate surface area is 134 Å². The first-order valence-electron chi connectivity index (χ1n) is 7.11. The quantitative estimate of drug-likeness (QED) is 0.891. The Morgan fingerprint density at radius 3 is 2.57 bits per heavy atom. The summed E-state index contributed by atoms with van der Waals surface area (Å²) in [6.45, 7) is 2.88. The fourth-order valence-electron chi connectivity index (χ4n) is 2.49. The summed E-state index contributed by atoms with van der Waals surface area (Å²) in [6, 6.07) is 9.67. The highest BCUT2D eigenvalue weighted by Gasteiger charge is 2.12. The van der Waals surface area contributed by atoms with Crippen molar-refractivity contribution in [3.05, 3.63) is 52.1 Å².